The summed E-state index contributed by atoms with van der Waals surface area (Å²) >= 11 is 0. The summed E-state index contributed by atoms with van der Waals surface area (Å²) in [5, 5.41) is 4.69. The van der Waals surface area contributed by atoms with E-state index in [-0.39, 0.29) is 19.0 Å². The van der Waals surface area contributed by atoms with Crippen LogP contribution in [-0.2, 0) is 0 Å². The van der Waals surface area contributed by atoms with Gasteiger partial charge in [-0.2, -0.15) is 18.3 Å². The number of hydrogen-bond acceptors (Lipinski definition) is 4. The van der Waals surface area contributed by atoms with E-state index in [9.17, 15) is 18.0 Å². The zero-order valence-electron chi connectivity index (χ0n) is 18.3. The minimum absolute atomic E-state index is 0.169. The highest BCUT2D eigenvalue weighted by molar-refractivity contribution is 6.00. The normalized spacial score (nSPS) is 15.3. The van der Waals surface area contributed by atoms with E-state index in [0.717, 1.165) is 5.69 Å². The molecule has 1 aromatic heterocycles. The predicted octanol–water partition coefficient (Wildman–Crippen LogP) is 4.26. The monoisotopic (exact) mass is 458 g/mol. The number of rotatable bonds is 5. The van der Waals surface area contributed by atoms with Gasteiger partial charge in [0.05, 0.1) is 24.9 Å². The average molecular weight is 458 g/mol. The molecule has 1 aliphatic heterocycles. The number of carbonyl (C=O) groups is 1. The maximum atomic E-state index is 13.6. The van der Waals surface area contributed by atoms with Crippen molar-refractivity contribution in [1.82, 2.24) is 19.6 Å². The second-order valence-electron chi connectivity index (χ2n) is 7.91. The van der Waals surface area contributed by atoms with Crippen LogP contribution in [0.5, 0.6) is 5.75 Å². The van der Waals surface area contributed by atoms with Crippen LogP contribution >= 0.6 is 0 Å². The Hall–Kier alpha value is -3.33. The summed E-state index contributed by atoms with van der Waals surface area (Å²) in [4.78, 5) is 16.5. The van der Waals surface area contributed by atoms with Crippen molar-refractivity contribution in [2.45, 2.75) is 12.6 Å². The summed E-state index contributed by atoms with van der Waals surface area (Å²) in [7, 11) is 1.55. The number of methoxy groups -OCH3 is 1. The molecule has 0 atom stereocenters. The zero-order valence-corrected chi connectivity index (χ0v) is 18.3. The van der Waals surface area contributed by atoms with Crippen LogP contribution in [0, 0.1) is 0 Å². The molecule has 0 aliphatic carbocycles. The molecule has 0 radical (unpaired) electrons. The van der Waals surface area contributed by atoms with E-state index in [2.05, 4.69) is 0 Å². The molecule has 2 aromatic carbocycles. The van der Waals surface area contributed by atoms with Gasteiger partial charge in [-0.1, -0.05) is 30.3 Å². The van der Waals surface area contributed by atoms with E-state index in [4.69, 9.17) is 9.84 Å². The van der Waals surface area contributed by atoms with Gasteiger partial charge in [0.1, 0.15) is 11.4 Å². The molecule has 4 rings (SSSR count). The lowest BCUT2D eigenvalue weighted by Crippen LogP contribution is -2.38. The summed E-state index contributed by atoms with van der Waals surface area (Å²) < 4.78 is 45.6. The third-order valence-electron chi connectivity index (χ3n) is 5.61. The van der Waals surface area contributed by atoms with Crippen LogP contribution < -0.4 is 4.74 Å². The standard InChI is InChI=1S/C24H25F3N4O2/c1-33-21-11-6-5-10-19(21)22-20(16-31(28-22)18-8-3-2-4-9-18)23(32)30-13-7-12-29(14-15-30)17-24(25,26)27/h2-6,8-11,16H,7,12-15,17H2,1H3. The minimum atomic E-state index is -4.26. The molecule has 0 N–H and O–H groups in total. The molecular weight excluding hydrogens is 433 g/mol. The number of halogens is 3. The van der Waals surface area contributed by atoms with E-state index < -0.39 is 12.7 Å². The number of amides is 1. The van der Waals surface area contributed by atoms with E-state index in [1.807, 2.05) is 48.5 Å². The van der Waals surface area contributed by atoms with Gasteiger partial charge in [-0.05, 0) is 30.7 Å². The highest BCUT2D eigenvalue weighted by Gasteiger charge is 2.32. The van der Waals surface area contributed by atoms with Gasteiger partial charge in [0.2, 0.25) is 0 Å². The SMILES string of the molecule is COc1ccccc1-c1nn(-c2ccccc2)cc1C(=O)N1CCCN(CC(F)(F)F)CC1. The number of nitrogens with zero attached hydrogens (tertiary/aromatic N) is 4. The van der Waals surface area contributed by atoms with Crippen molar-refractivity contribution in [1.29, 1.82) is 0 Å². The molecule has 174 valence electrons. The highest BCUT2D eigenvalue weighted by Crippen LogP contribution is 2.32. The molecule has 0 saturated carbocycles. The Morgan fingerprint density at radius 1 is 1.00 bits per heavy atom. The van der Waals surface area contributed by atoms with Gasteiger partial charge in [-0.15, -0.1) is 0 Å². The predicted molar refractivity (Wildman–Crippen MR) is 119 cm³/mol. The van der Waals surface area contributed by atoms with Gasteiger partial charge in [0, 0.05) is 37.9 Å². The van der Waals surface area contributed by atoms with Crippen LogP contribution in [0.3, 0.4) is 0 Å². The van der Waals surface area contributed by atoms with Crippen molar-refractivity contribution in [3.63, 3.8) is 0 Å². The fourth-order valence-electron chi connectivity index (χ4n) is 4.04. The first-order valence-corrected chi connectivity index (χ1v) is 10.7. The van der Waals surface area contributed by atoms with Crippen LogP contribution in [0.4, 0.5) is 13.2 Å². The molecule has 2 heterocycles. The fraction of sp³-hybridized carbons (Fsp3) is 0.333. The van der Waals surface area contributed by atoms with Crippen molar-refractivity contribution in [2.75, 3.05) is 39.8 Å². The van der Waals surface area contributed by atoms with Gasteiger partial charge in [0.15, 0.2) is 0 Å². The Morgan fingerprint density at radius 2 is 1.73 bits per heavy atom. The molecule has 1 aliphatic rings. The highest BCUT2D eigenvalue weighted by atomic mass is 19.4. The molecule has 0 spiro atoms. The Bertz CT molecular complexity index is 1100. The molecular formula is C24H25F3N4O2. The van der Waals surface area contributed by atoms with E-state index >= 15 is 0 Å². The molecule has 1 saturated heterocycles. The Morgan fingerprint density at radius 3 is 2.45 bits per heavy atom. The molecule has 0 unspecified atom stereocenters. The fourth-order valence-corrected chi connectivity index (χ4v) is 4.04. The molecule has 6 nitrogen and oxygen atoms in total. The Labute approximate surface area is 190 Å². The van der Waals surface area contributed by atoms with Crippen LogP contribution in [-0.4, -0.2) is 71.5 Å². The first-order chi connectivity index (χ1) is 15.9. The molecule has 1 amide bonds. The average Bonchev–Trinajstić information content (AvgIpc) is 3.13. The van der Waals surface area contributed by atoms with E-state index in [1.54, 1.807) is 29.0 Å². The van der Waals surface area contributed by atoms with Crippen LogP contribution in [0.1, 0.15) is 16.8 Å². The summed E-state index contributed by atoms with van der Waals surface area (Å²) in [5.74, 6) is 0.323. The van der Waals surface area contributed by atoms with Crippen LogP contribution in [0.25, 0.3) is 16.9 Å². The number of aromatic nitrogens is 2. The quantitative estimate of drug-likeness (QED) is 0.574. The number of alkyl halides is 3. The Balaban J connectivity index is 1.67. The van der Waals surface area contributed by atoms with Gasteiger partial charge in [0.25, 0.3) is 5.91 Å². The summed E-state index contributed by atoms with van der Waals surface area (Å²) in [6.07, 6.45) is -2.11. The third-order valence-corrected chi connectivity index (χ3v) is 5.61. The van der Waals surface area contributed by atoms with Crippen molar-refractivity contribution in [3.8, 4) is 22.7 Å². The largest absolute Gasteiger partial charge is 0.496 e. The maximum absolute atomic E-state index is 13.6. The molecule has 0 bridgehead atoms. The summed E-state index contributed by atoms with van der Waals surface area (Å²) in [6.45, 7) is 0.104. The van der Waals surface area contributed by atoms with Crippen molar-refractivity contribution in [3.05, 3.63) is 66.4 Å². The zero-order chi connectivity index (χ0) is 23.4. The summed E-state index contributed by atoms with van der Waals surface area (Å²) in [5.41, 5.74) is 2.32. The van der Waals surface area contributed by atoms with Gasteiger partial charge < -0.3 is 9.64 Å². The van der Waals surface area contributed by atoms with Crippen molar-refractivity contribution < 1.29 is 22.7 Å². The van der Waals surface area contributed by atoms with Gasteiger partial charge >= 0.3 is 6.18 Å². The van der Waals surface area contributed by atoms with Crippen molar-refractivity contribution in [2.24, 2.45) is 0 Å². The maximum Gasteiger partial charge on any atom is 0.401 e. The lowest BCUT2D eigenvalue weighted by atomic mass is 10.1. The number of benzene rings is 2. The smallest absolute Gasteiger partial charge is 0.401 e. The third kappa shape index (κ3) is 5.36. The number of ether oxygens (including phenoxy) is 1. The lowest BCUT2D eigenvalue weighted by Gasteiger charge is -2.22. The second kappa shape index (κ2) is 9.66. The van der Waals surface area contributed by atoms with E-state index in [1.165, 1.54) is 4.90 Å². The van der Waals surface area contributed by atoms with Crippen LogP contribution in [0.2, 0.25) is 0 Å². The van der Waals surface area contributed by atoms with Crippen molar-refractivity contribution >= 4 is 5.91 Å². The number of para-hydroxylation sites is 2. The number of hydrogen-bond donors (Lipinski definition) is 0. The number of carbonyl (C=O) groups excluding carboxylic acids is 1. The van der Waals surface area contributed by atoms with Crippen LogP contribution in [0.15, 0.2) is 60.8 Å². The molecule has 33 heavy (non-hydrogen) atoms. The second-order valence-corrected chi connectivity index (χ2v) is 7.91. The first kappa shape index (κ1) is 22.8. The topological polar surface area (TPSA) is 50.6 Å². The molecule has 3 aromatic rings. The van der Waals surface area contributed by atoms with Gasteiger partial charge in [-0.3, -0.25) is 9.69 Å². The Kier molecular flexibility index (Phi) is 6.69. The van der Waals surface area contributed by atoms with Gasteiger partial charge in [-0.25, -0.2) is 4.68 Å². The molecule has 1 fully saturated rings. The minimum Gasteiger partial charge on any atom is -0.496 e. The summed E-state index contributed by atoms with van der Waals surface area (Å²) in [6, 6.07) is 16.7. The molecule has 9 heteroatoms. The van der Waals surface area contributed by atoms with E-state index in [0.29, 0.717) is 42.1 Å². The first-order valence-electron chi connectivity index (χ1n) is 10.7. The lowest BCUT2D eigenvalue weighted by molar-refractivity contribution is -0.145.